The first-order valence-corrected chi connectivity index (χ1v) is 9.42. The highest BCUT2D eigenvalue weighted by molar-refractivity contribution is 6.65. The number of rotatable bonds is 1. The van der Waals surface area contributed by atoms with Gasteiger partial charge in [-0.1, -0.05) is 48.5 Å². The predicted octanol–water partition coefficient (Wildman–Crippen LogP) is 4.84. The first kappa shape index (κ1) is 16.7. The summed E-state index contributed by atoms with van der Waals surface area (Å²) < 4.78 is 12.7. The van der Waals surface area contributed by atoms with Crippen LogP contribution in [0.15, 0.2) is 60.8 Å². The molecule has 0 atom stereocenters. The fourth-order valence-electron chi connectivity index (χ4n) is 3.92. The van der Waals surface area contributed by atoms with Crippen molar-refractivity contribution in [2.24, 2.45) is 0 Å². The molecule has 0 bridgehead atoms. The largest absolute Gasteiger partial charge is 0.495 e. The molecule has 5 rings (SSSR count). The minimum absolute atomic E-state index is 0.370. The summed E-state index contributed by atoms with van der Waals surface area (Å²) in [6.07, 6.45) is 1.86. The number of benzene rings is 3. The van der Waals surface area contributed by atoms with E-state index in [9.17, 15) is 0 Å². The minimum atomic E-state index is -0.405. The van der Waals surface area contributed by atoms with Crippen molar-refractivity contribution < 1.29 is 9.31 Å². The quantitative estimate of drug-likeness (QED) is 0.362. The van der Waals surface area contributed by atoms with Gasteiger partial charge in [-0.3, -0.25) is 4.98 Å². The Morgan fingerprint density at radius 3 is 2.22 bits per heavy atom. The van der Waals surface area contributed by atoms with Gasteiger partial charge in [0.05, 0.1) is 16.7 Å². The second-order valence-corrected chi connectivity index (χ2v) is 8.34. The lowest BCUT2D eigenvalue weighted by Crippen LogP contribution is -2.41. The molecule has 1 fully saturated rings. The summed E-state index contributed by atoms with van der Waals surface area (Å²) in [6.45, 7) is 8.34. The summed E-state index contributed by atoms with van der Waals surface area (Å²) in [5, 5.41) is 5.87. The van der Waals surface area contributed by atoms with E-state index in [0.29, 0.717) is 0 Å². The smallest absolute Gasteiger partial charge is 0.399 e. The van der Waals surface area contributed by atoms with E-state index in [1.54, 1.807) is 0 Å². The molecule has 0 aliphatic carbocycles. The normalized spacial score (nSPS) is 18.6. The van der Waals surface area contributed by atoms with Gasteiger partial charge in [0, 0.05) is 17.0 Å². The lowest BCUT2D eigenvalue weighted by molar-refractivity contribution is 0.00578. The van der Waals surface area contributed by atoms with Gasteiger partial charge in [-0.25, -0.2) is 0 Å². The van der Waals surface area contributed by atoms with E-state index in [-0.39, 0.29) is 11.2 Å². The first-order chi connectivity index (χ1) is 12.9. The van der Waals surface area contributed by atoms with Gasteiger partial charge in [0.15, 0.2) is 0 Å². The van der Waals surface area contributed by atoms with E-state index >= 15 is 0 Å². The maximum Gasteiger partial charge on any atom is 0.495 e. The van der Waals surface area contributed by atoms with Gasteiger partial charge < -0.3 is 9.31 Å². The second kappa shape index (κ2) is 5.54. The van der Waals surface area contributed by atoms with Crippen molar-refractivity contribution in [1.82, 2.24) is 4.98 Å². The molecule has 1 aromatic heterocycles. The number of aromatic nitrogens is 1. The van der Waals surface area contributed by atoms with Gasteiger partial charge in [-0.15, -0.1) is 0 Å². The molecule has 3 nitrogen and oxygen atoms in total. The van der Waals surface area contributed by atoms with Gasteiger partial charge in [0.2, 0.25) is 0 Å². The molecule has 0 radical (unpaired) electrons. The highest BCUT2D eigenvalue weighted by atomic mass is 16.7. The van der Waals surface area contributed by atoms with E-state index in [0.717, 1.165) is 21.8 Å². The Kier molecular flexibility index (Phi) is 3.43. The van der Waals surface area contributed by atoms with Crippen molar-refractivity contribution in [1.29, 1.82) is 0 Å². The van der Waals surface area contributed by atoms with Gasteiger partial charge in [-0.05, 0) is 55.4 Å². The summed E-state index contributed by atoms with van der Waals surface area (Å²) in [6, 6.07) is 19.1. The monoisotopic (exact) mass is 355 g/mol. The van der Waals surface area contributed by atoms with Crippen LogP contribution in [-0.2, 0) is 9.31 Å². The molecule has 0 N–H and O–H groups in total. The Balaban J connectivity index is 1.83. The van der Waals surface area contributed by atoms with Crippen LogP contribution in [0.4, 0.5) is 0 Å². The van der Waals surface area contributed by atoms with Crippen molar-refractivity contribution in [3.05, 3.63) is 60.8 Å². The zero-order valence-electron chi connectivity index (χ0n) is 16.1. The highest BCUT2D eigenvalue weighted by Gasteiger charge is 2.52. The summed E-state index contributed by atoms with van der Waals surface area (Å²) in [5.74, 6) is 0. The van der Waals surface area contributed by atoms with Crippen molar-refractivity contribution in [2.75, 3.05) is 0 Å². The van der Waals surface area contributed by atoms with Crippen LogP contribution in [0, 0.1) is 0 Å². The SMILES string of the molecule is CC1(C)OB(c2cc3ccc4ccccc4c3c3ncccc23)OC1(C)C. The highest BCUT2D eigenvalue weighted by Crippen LogP contribution is 2.38. The fourth-order valence-corrected chi connectivity index (χ4v) is 3.92. The van der Waals surface area contributed by atoms with E-state index in [1.807, 2.05) is 12.3 Å². The Bertz CT molecular complexity index is 1180. The summed E-state index contributed by atoms with van der Waals surface area (Å²) in [4.78, 5) is 4.75. The predicted molar refractivity (Wildman–Crippen MR) is 112 cm³/mol. The second-order valence-electron chi connectivity index (χ2n) is 8.34. The molecule has 1 saturated heterocycles. The lowest BCUT2D eigenvalue weighted by Gasteiger charge is -2.32. The maximum atomic E-state index is 6.34. The van der Waals surface area contributed by atoms with Crippen LogP contribution in [0.3, 0.4) is 0 Å². The molecular weight excluding hydrogens is 333 g/mol. The zero-order chi connectivity index (χ0) is 18.8. The Hall–Kier alpha value is -2.43. The number of hydrogen-bond donors (Lipinski definition) is 0. The summed E-state index contributed by atoms with van der Waals surface area (Å²) in [5.41, 5.74) is 1.30. The fraction of sp³-hybridized carbons (Fsp3) is 0.261. The van der Waals surface area contributed by atoms with Crippen LogP contribution in [0.1, 0.15) is 27.7 Å². The Labute approximate surface area is 159 Å². The van der Waals surface area contributed by atoms with Gasteiger partial charge in [0.25, 0.3) is 0 Å². The molecule has 0 amide bonds. The topological polar surface area (TPSA) is 31.4 Å². The van der Waals surface area contributed by atoms with Crippen molar-refractivity contribution in [2.45, 2.75) is 38.9 Å². The standard InChI is InChI=1S/C23H22BNO2/c1-22(2)23(3,4)27-24(26-22)19-14-16-12-11-15-8-5-6-9-17(15)20(16)21-18(19)10-7-13-25-21/h5-14H,1-4H3. The van der Waals surface area contributed by atoms with Crippen molar-refractivity contribution in [3.63, 3.8) is 0 Å². The van der Waals surface area contributed by atoms with E-state index in [2.05, 4.69) is 76.2 Å². The third-order valence-electron chi connectivity index (χ3n) is 6.13. The van der Waals surface area contributed by atoms with Crippen LogP contribution < -0.4 is 5.46 Å². The molecule has 0 unspecified atom stereocenters. The third-order valence-corrected chi connectivity index (χ3v) is 6.13. The van der Waals surface area contributed by atoms with Gasteiger partial charge in [-0.2, -0.15) is 0 Å². The number of hydrogen-bond acceptors (Lipinski definition) is 3. The molecule has 1 aliphatic heterocycles. The Morgan fingerprint density at radius 2 is 1.44 bits per heavy atom. The third kappa shape index (κ3) is 2.40. The average molecular weight is 355 g/mol. The zero-order valence-corrected chi connectivity index (χ0v) is 16.1. The van der Waals surface area contributed by atoms with Crippen LogP contribution >= 0.6 is 0 Å². The number of pyridine rings is 1. The summed E-state index contributed by atoms with van der Waals surface area (Å²) in [7, 11) is -0.405. The van der Waals surface area contributed by atoms with Crippen molar-refractivity contribution in [3.8, 4) is 0 Å². The van der Waals surface area contributed by atoms with Crippen LogP contribution in [-0.4, -0.2) is 23.3 Å². The molecule has 1 aliphatic rings. The molecule has 134 valence electrons. The molecule has 0 saturated carbocycles. The molecule has 2 heterocycles. The van der Waals surface area contributed by atoms with Gasteiger partial charge in [0.1, 0.15) is 0 Å². The summed E-state index contributed by atoms with van der Waals surface area (Å²) >= 11 is 0. The van der Waals surface area contributed by atoms with Crippen LogP contribution in [0.2, 0.25) is 0 Å². The molecule has 4 heteroatoms. The lowest BCUT2D eigenvalue weighted by atomic mass is 9.75. The van der Waals surface area contributed by atoms with Crippen LogP contribution in [0.5, 0.6) is 0 Å². The molecule has 27 heavy (non-hydrogen) atoms. The van der Waals surface area contributed by atoms with Crippen LogP contribution in [0.25, 0.3) is 32.4 Å². The Morgan fingerprint density at radius 1 is 0.778 bits per heavy atom. The maximum absolute atomic E-state index is 6.34. The van der Waals surface area contributed by atoms with Gasteiger partial charge >= 0.3 is 7.12 Å². The number of nitrogens with zero attached hydrogens (tertiary/aromatic N) is 1. The van der Waals surface area contributed by atoms with Crippen molar-refractivity contribution >= 4 is 45.0 Å². The molecule has 0 spiro atoms. The molecule has 3 aromatic carbocycles. The molecular formula is C23H22BNO2. The number of fused-ring (bicyclic) bond motifs is 5. The molecule has 4 aromatic rings. The average Bonchev–Trinajstić information content (AvgIpc) is 2.88. The van der Waals surface area contributed by atoms with E-state index in [4.69, 9.17) is 14.3 Å². The first-order valence-electron chi connectivity index (χ1n) is 9.42. The van der Waals surface area contributed by atoms with E-state index in [1.165, 1.54) is 16.2 Å². The van der Waals surface area contributed by atoms with E-state index < -0.39 is 7.12 Å². The minimum Gasteiger partial charge on any atom is -0.399 e.